The van der Waals surface area contributed by atoms with E-state index >= 15 is 0 Å². The van der Waals surface area contributed by atoms with Gasteiger partial charge in [0.25, 0.3) is 0 Å². The van der Waals surface area contributed by atoms with Crippen LogP contribution in [0.3, 0.4) is 0 Å². The van der Waals surface area contributed by atoms with Crippen LogP contribution in [0.15, 0.2) is 36.4 Å². The Morgan fingerprint density at radius 1 is 1.00 bits per heavy atom. The summed E-state index contributed by atoms with van der Waals surface area (Å²) in [5, 5.41) is 0. The van der Waals surface area contributed by atoms with Crippen LogP contribution in [0.25, 0.3) is 6.08 Å². The molecule has 0 saturated heterocycles. The molecule has 0 N–H and O–H groups in total. The minimum atomic E-state index is -1.53. The molecule has 1 aromatic rings. The van der Waals surface area contributed by atoms with Crippen molar-refractivity contribution in [1.29, 1.82) is 0 Å². The van der Waals surface area contributed by atoms with Gasteiger partial charge in [-0.15, -0.1) is 0 Å². The fraction of sp³-hybridized carbons (Fsp3) is 0.556. The third-order valence-electron chi connectivity index (χ3n) is 4.25. The van der Waals surface area contributed by atoms with E-state index in [9.17, 15) is 0 Å². The van der Waals surface area contributed by atoms with Crippen molar-refractivity contribution in [3.8, 4) is 0 Å². The van der Waals surface area contributed by atoms with E-state index in [2.05, 4.69) is 77.1 Å². The monoisotopic (exact) mass is 290 g/mol. The van der Waals surface area contributed by atoms with Crippen LogP contribution in [0.4, 0.5) is 0 Å². The highest BCUT2D eigenvalue weighted by atomic mass is 28.4. The second-order valence-corrected chi connectivity index (χ2v) is 10.6. The molecule has 1 rings (SSSR count). The Morgan fingerprint density at radius 3 is 2.00 bits per heavy atom. The van der Waals surface area contributed by atoms with E-state index in [1.807, 2.05) is 0 Å². The van der Waals surface area contributed by atoms with Gasteiger partial charge >= 0.3 is 0 Å². The largest absolute Gasteiger partial charge is 0.410 e. The molecule has 0 aliphatic heterocycles. The first kappa shape index (κ1) is 17.2. The summed E-state index contributed by atoms with van der Waals surface area (Å²) in [6.45, 7) is 11.4. The predicted molar refractivity (Wildman–Crippen MR) is 92.4 cm³/mol. The lowest BCUT2D eigenvalue weighted by molar-refractivity contribution is 0.184. The van der Waals surface area contributed by atoms with Crippen molar-refractivity contribution in [2.45, 2.75) is 58.9 Å². The van der Waals surface area contributed by atoms with Crippen molar-refractivity contribution >= 4 is 14.4 Å². The Morgan fingerprint density at radius 2 is 1.55 bits per heavy atom. The second kappa shape index (κ2) is 8.43. The van der Waals surface area contributed by atoms with Crippen LogP contribution in [0.5, 0.6) is 0 Å². The van der Waals surface area contributed by atoms with Gasteiger partial charge in [0, 0.05) is 0 Å². The van der Waals surface area contributed by atoms with Crippen molar-refractivity contribution in [2.75, 3.05) is 0 Å². The minimum Gasteiger partial charge on any atom is -0.410 e. The van der Waals surface area contributed by atoms with Crippen LogP contribution in [0, 0.1) is 5.92 Å². The van der Waals surface area contributed by atoms with Crippen LogP contribution < -0.4 is 0 Å². The molecule has 20 heavy (non-hydrogen) atoms. The summed E-state index contributed by atoms with van der Waals surface area (Å²) in [7, 11) is -1.53. The minimum absolute atomic E-state index is 0.238. The Labute approximate surface area is 126 Å². The van der Waals surface area contributed by atoms with Crippen molar-refractivity contribution in [1.82, 2.24) is 0 Å². The van der Waals surface area contributed by atoms with E-state index in [-0.39, 0.29) is 6.10 Å². The first-order chi connectivity index (χ1) is 9.56. The van der Waals surface area contributed by atoms with Gasteiger partial charge in [0.05, 0.1) is 6.10 Å². The molecule has 0 fully saturated rings. The predicted octanol–water partition coefficient (Wildman–Crippen LogP) is 5.75. The highest BCUT2D eigenvalue weighted by Crippen LogP contribution is 2.26. The summed E-state index contributed by atoms with van der Waals surface area (Å²) < 4.78 is 6.62. The maximum Gasteiger partial charge on any atom is 0.192 e. The number of benzene rings is 1. The van der Waals surface area contributed by atoms with Gasteiger partial charge in [0.2, 0.25) is 0 Å². The lowest BCUT2D eigenvalue weighted by Gasteiger charge is -2.33. The quantitative estimate of drug-likeness (QED) is 0.554. The third-order valence-corrected chi connectivity index (χ3v) is 8.89. The molecule has 1 nitrogen and oxygen atoms in total. The molecule has 2 heteroatoms. The summed E-state index contributed by atoms with van der Waals surface area (Å²) in [6.07, 6.45) is 4.69. The maximum absolute atomic E-state index is 6.62. The van der Waals surface area contributed by atoms with Crippen LogP contribution in [-0.4, -0.2) is 14.4 Å². The highest BCUT2D eigenvalue weighted by molar-refractivity contribution is 6.73. The fourth-order valence-corrected chi connectivity index (χ4v) is 5.38. The molecule has 0 saturated carbocycles. The zero-order valence-corrected chi connectivity index (χ0v) is 14.7. The third kappa shape index (κ3) is 4.91. The molecule has 0 radical (unpaired) electrons. The molecular weight excluding hydrogens is 260 g/mol. The average molecular weight is 291 g/mol. The molecule has 0 bridgehead atoms. The van der Waals surface area contributed by atoms with Gasteiger partial charge in [-0.1, -0.05) is 77.1 Å². The van der Waals surface area contributed by atoms with Gasteiger partial charge in [-0.3, -0.25) is 0 Å². The van der Waals surface area contributed by atoms with Gasteiger partial charge in [0.15, 0.2) is 8.32 Å². The molecule has 0 spiro atoms. The molecule has 112 valence electrons. The molecule has 0 amide bonds. The Bertz CT molecular complexity index is 385. The summed E-state index contributed by atoms with van der Waals surface area (Å²) in [6, 6.07) is 14.1. The number of hydrogen-bond donors (Lipinski definition) is 0. The van der Waals surface area contributed by atoms with E-state index in [0.29, 0.717) is 5.92 Å². The molecule has 0 heterocycles. The van der Waals surface area contributed by atoms with E-state index in [1.165, 1.54) is 23.7 Å². The molecule has 0 aromatic heterocycles. The second-order valence-electron chi connectivity index (χ2n) is 5.84. The van der Waals surface area contributed by atoms with E-state index in [1.54, 1.807) is 0 Å². The lowest BCUT2D eigenvalue weighted by Crippen LogP contribution is -2.40. The average Bonchev–Trinajstić information content (AvgIpc) is 2.49. The molecular formula is C18H30OSi. The van der Waals surface area contributed by atoms with Gasteiger partial charge < -0.3 is 4.43 Å². The Balaban J connectivity index is 2.82. The van der Waals surface area contributed by atoms with Crippen molar-refractivity contribution < 1.29 is 4.43 Å². The van der Waals surface area contributed by atoms with E-state index < -0.39 is 8.32 Å². The summed E-state index contributed by atoms with van der Waals surface area (Å²) >= 11 is 0. The van der Waals surface area contributed by atoms with Crippen LogP contribution in [0.2, 0.25) is 18.1 Å². The van der Waals surface area contributed by atoms with Crippen LogP contribution >= 0.6 is 0 Å². The topological polar surface area (TPSA) is 9.23 Å². The standard InChI is InChI=1S/C18H30OSi/c1-6-20(7-2,8-3)19-18(16(4)5)15-14-17-12-10-9-11-13-17/h9-16,18H,6-8H2,1-5H3/b15-14+. The van der Waals surface area contributed by atoms with Gasteiger partial charge in [-0.05, 0) is 29.6 Å². The number of hydrogen-bond acceptors (Lipinski definition) is 1. The van der Waals surface area contributed by atoms with Crippen molar-refractivity contribution in [3.05, 3.63) is 42.0 Å². The zero-order chi connectivity index (χ0) is 15.0. The lowest BCUT2D eigenvalue weighted by atomic mass is 10.1. The summed E-state index contributed by atoms with van der Waals surface area (Å²) in [4.78, 5) is 0. The van der Waals surface area contributed by atoms with Crippen molar-refractivity contribution in [3.63, 3.8) is 0 Å². The normalized spacial score (nSPS) is 14.1. The van der Waals surface area contributed by atoms with Gasteiger partial charge in [0.1, 0.15) is 0 Å². The highest BCUT2D eigenvalue weighted by Gasteiger charge is 2.32. The Kier molecular flexibility index (Phi) is 7.24. The fourth-order valence-electron chi connectivity index (χ4n) is 2.46. The molecule has 1 aromatic carbocycles. The zero-order valence-electron chi connectivity index (χ0n) is 13.7. The molecule has 1 atom stereocenters. The smallest absolute Gasteiger partial charge is 0.192 e. The van der Waals surface area contributed by atoms with Crippen LogP contribution in [-0.2, 0) is 4.43 Å². The van der Waals surface area contributed by atoms with E-state index in [0.717, 1.165) is 0 Å². The van der Waals surface area contributed by atoms with Gasteiger partial charge in [-0.25, -0.2) is 0 Å². The first-order valence-electron chi connectivity index (χ1n) is 7.98. The number of rotatable bonds is 8. The first-order valence-corrected chi connectivity index (χ1v) is 10.5. The summed E-state index contributed by atoms with van der Waals surface area (Å²) in [5.74, 6) is 0.520. The summed E-state index contributed by atoms with van der Waals surface area (Å²) in [5.41, 5.74) is 1.25. The van der Waals surface area contributed by atoms with Gasteiger partial charge in [-0.2, -0.15) is 0 Å². The molecule has 0 aliphatic rings. The maximum atomic E-state index is 6.62. The Hall–Kier alpha value is -0.863. The van der Waals surface area contributed by atoms with Crippen LogP contribution in [0.1, 0.15) is 40.2 Å². The molecule has 1 unspecified atom stereocenters. The molecule has 0 aliphatic carbocycles. The van der Waals surface area contributed by atoms with E-state index in [4.69, 9.17) is 4.43 Å². The van der Waals surface area contributed by atoms with Crippen molar-refractivity contribution in [2.24, 2.45) is 5.92 Å². The SMILES string of the molecule is CC[Si](CC)(CC)OC(/C=C/c1ccccc1)C(C)C.